The number of amides is 1. The molecule has 1 saturated carbocycles. The first kappa shape index (κ1) is 21.0. The number of carbonyl (C=O) groups is 1. The summed E-state index contributed by atoms with van der Waals surface area (Å²) in [5, 5.41) is 5.74. The summed E-state index contributed by atoms with van der Waals surface area (Å²) in [5.41, 5.74) is 1.83. The molecule has 0 unspecified atom stereocenters. The summed E-state index contributed by atoms with van der Waals surface area (Å²) in [5.74, 6) is -1.90. The molecule has 3 fully saturated rings. The predicted molar refractivity (Wildman–Crippen MR) is 116 cm³/mol. The standard InChI is InChI=1S/C22H27F2N7O/c1-13-7-15(9-27-19(13)20(32)25-2)28-21-26-6-5-18(29-21)30-11-16-3-4-17(12-30)31(16)10-14-8-22(14,23)24/h5-7,9,14,16-17H,3-4,8,10-12H2,1-2H3,(H,25,32)(H,26,28,29)/t14-,16-,17-/m1/s1. The third kappa shape index (κ3) is 3.99. The Labute approximate surface area is 185 Å². The van der Waals surface area contributed by atoms with Gasteiger partial charge in [0.05, 0.1) is 11.9 Å². The number of nitrogens with one attached hydrogen (secondary N) is 2. The van der Waals surface area contributed by atoms with Crippen LogP contribution >= 0.6 is 0 Å². The Kier molecular flexibility index (Phi) is 5.19. The maximum Gasteiger partial charge on any atom is 0.269 e. The number of hydrogen-bond acceptors (Lipinski definition) is 7. The number of fused-ring (bicyclic) bond motifs is 2. The number of hydrogen-bond donors (Lipinski definition) is 2. The number of carbonyl (C=O) groups excluding carboxylic acids is 1. The Morgan fingerprint density at radius 3 is 2.59 bits per heavy atom. The lowest BCUT2D eigenvalue weighted by Crippen LogP contribution is -2.54. The molecule has 2 saturated heterocycles. The minimum atomic E-state index is -2.46. The van der Waals surface area contributed by atoms with Crippen LogP contribution in [0.1, 0.15) is 35.3 Å². The van der Waals surface area contributed by atoms with Gasteiger partial charge in [-0.1, -0.05) is 0 Å². The molecular formula is C22H27F2N7O. The second-order valence-corrected chi connectivity index (χ2v) is 8.98. The monoisotopic (exact) mass is 443 g/mol. The zero-order valence-electron chi connectivity index (χ0n) is 18.2. The van der Waals surface area contributed by atoms with Crippen LogP contribution in [0, 0.1) is 12.8 Å². The second-order valence-electron chi connectivity index (χ2n) is 8.98. The molecule has 2 aromatic heterocycles. The van der Waals surface area contributed by atoms with Crippen molar-refractivity contribution in [2.45, 2.75) is 44.2 Å². The lowest BCUT2D eigenvalue weighted by Gasteiger charge is -2.41. The zero-order chi connectivity index (χ0) is 22.5. The first-order chi connectivity index (χ1) is 15.3. The molecule has 1 aliphatic carbocycles. The van der Waals surface area contributed by atoms with Crippen LogP contribution in [-0.2, 0) is 0 Å². The van der Waals surface area contributed by atoms with E-state index in [0.717, 1.165) is 37.3 Å². The number of halogens is 2. The summed E-state index contributed by atoms with van der Waals surface area (Å²) in [6.45, 7) is 3.90. The van der Waals surface area contributed by atoms with Crippen LogP contribution in [0.3, 0.4) is 0 Å². The largest absolute Gasteiger partial charge is 0.354 e. The van der Waals surface area contributed by atoms with Crippen molar-refractivity contribution < 1.29 is 13.6 Å². The highest BCUT2D eigenvalue weighted by Gasteiger charge is 2.58. The fourth-order valence-corrected chi connectivity index (χ4v) is 4.91. The van der Waals surface area contributed by atoms with Gasteiger partial charge >= 0.3 is 0 Å². The fourth-order valence-electron chi connectivity index (χ4n) is 4.91. The van der Waals surface area contributed by atoms with Crippen molar-refractivity contribution in [1.82, 2.24) is 25.2 Å². The number of aryl methyl sites for hydroxylation is 1. The van der Waals surface area contributed by atoms with Gasteiger partial charge in [-0.05, 0) is 37.5 Å². The predicted octanol–water partition coefficient (Wildman–Crippen LogP) is 2.59. The van der Waals surface area contributed by atoms with Crippen LogP contribution in [0.15, 0.2) is 24.5 Å². The molecule has 10 heteroatoms. The number of piperazine rings is 1. The molecule has 5 rings (SSSR count). The Bertz CT molecular complexity index is 1020. The van der Waals surface area contributed by atoms with Crippen LogP contribution in [0.25, 0.3) is 0 Å². The summed E-state index contributed by atoms with van der Waals surface area (Å²) in [6, 6.07) is 4.30. The third-order valence-electron chi connectivity index (χ3n) is 6.76. The molecule has 2 bridgehead atoms. The molecule has 8 nitrogen and oxygen atoms in total. The van der Waals surface area contributed by atoms with Crippen molar-refractivity contribution in [3.05, 3.63) is 35.8 Å². The van der Waals surface area contributed by atoms with Crippen molar-refractivity contribution in [2.24, 2.45) is 5.92 Å². The Hall–Kier alpha value is -2.88. The first-order valence-electron chi connectivity index (χ1n) is 11.0. The molecule has 0 aromatic carbocycles. The van der Waals surface area contributed by atoms with Gasteiger partial charge in [0.15, 0.2) is 0 Å². The van der Waals surface area contributed by atoms with Crippen molar-refractivity contribution in [1.29, 1.82) is 0 Å². The maximum atomic E-state index is 13.4. The lowest BCUT2D eigenvalue weighted by atomic mass is 10.1. The quantitative estimate of drug-likeness (QED) is 0.710. The normalized spacial score (nSPS) is 26.1. The number of alkyl halides is 2. The third-order valence-corrected chi connectivity index (χ3v) is 6.76. The van der Waals surface area contributed by atoms with Crippen molar-refractivity contribution in [3.8, 4) is 0 Å². The second kappa shape index (κ2) is 7.91. The summed E-state index contributed by atoms with van der Waals surface area (Å²) in [4.78, 5) is 29.6. The highest BCUT2D eigenvalue weighted by molar-refractivity contribution is 5.93. The minimum absolute atomic E-state index is 0.0338. The van der Waals surface area contributed by atoms with E-state index in [1.807, 2.05) is 19.1 Å². The van der Waals surface area contributed by atoms with Crippen molar-refractivity contribution in [3.63, 3.8) is 0 Å². The summed E-state index contributed by atoms with van der Waals surface area (Å²) in [6.07, 6.45) is 5.41. The molecule has 2 aromatic rings. The minimum Gasteiger partial charge on any atom is -0.354 e. The van der Waals surface area contributed by atoms with Gasteiger partial charge in [0.2, 0.25) is 5.95 Å². The molecule has 2 aliphatic heterocycles. The van der Waals surface area contributed by atoms with Crippen molar-refractivity contribution >= 4 is 23.4 Å². The van der Waals surface area contributed by atoms with E-state index in [9.17, 15) is 13.6 Å². The molecule has 1 amide bonds. The maximum absolute atomic E-state index is 13.4. The van der Waals surface area contributed by atoms with Gasteiger partial charge in [0.25, 0.3) is 11.8 Å². The Morgan fingerprint density at radius 2 is 1.97 bits per heavy atom. The van der Waals surface area contributed by atoms with E-state index in [1.165, 1.54) is 0 Å². The topological polar surface area (TPSA) is 86.3 Å². The van der Waals surface area contributed by atoms with E-state index in [2.05, 4.69) is 35.4 Å². The number of rotatable bonds is 6. The molecular weight excluding hydrogens is 416 g/mol. The highest BCUT2D eigenvalue weighted by atomic mass is 19.3. The van der Waals surface area contributed by atoms with Gasteiger partial charge in [0.1, 0.15) is 11.5 Å². The average Bonchev–Trinajstić information content (AvgIpc) is 3.31. The molecule has 3 aliphatic rings. The van der Waals surface area contributed by atoms with Gasteiger partial charge < -0.3 is 15.5 Å². The zero-order valence-corrected chi connectivity index (χ0v) is 18.2. The van der Waals surface area contributed by atoms with Gasteiger partial charge in [-0.2, -0.15) is 4.98 Å². The summed E-state index contributed by atoms with van der Waals surface area (Å²) in [7, 11) is 1.57. The van der Waals surface area contributed by atoms with Crippen molar-refractivity contribution in [2.75, 3.05) is 36.9 Å². The van der Waals surface area contributed by atoms with E-state index in [0.29, 0.717) is 36.0 Å². The van der Waals surface area contributed by atoms with E-state index in [-0.39, 0.29) is 12.3 Å². The molecule has 0 radical (unpaired) electrons. The molecule has 32 heavy (non-hydrogen) atoms. The van der Waals surface area contributed by atoms with Gasteiger partial charge in [-0.3, -0.25) is 9.69 Å². The number of anilines is 3. The van der Waals surface area contributed by atoms with Crippen LogP contribution in [0.2, 0.25) is 0 Å². The summed E-state index contributed by atoms with van der Waals surface area (Å²) < 4.78 is 26.8. The number of nitrogens with zero attached hydrogens (tertiary/aromatic N) is 5. The summed E-state index contributed by atoms with van der Waals surface area (Å²) >= 11 is 0. The SMILES string of the molecule is CNC(=O)c1ncc(Nc2nccc(N3C[C@H]4CC[C@H](C3)N4C[C@H]3CC3(F)F)n2)cc1C. The lowest BCUT2D eigenvalue weighted by molar-refractivity contribution is 0.0750. The van der Waals surface area contributed by atoms with Gasteiger partial charge in [-0.15, -0.1) is 0 Å². The first-order valence-corrected chi connectivity index (χ1v) is 11.0. The molecule has 4 heterocycles. The van der Waals surface area contributed by atoms with Crippen LogP contribution in [0.5, 0.6) is 0 Å². The van der Waals surface area contributed by atoms with E-state index < -0.39 is 11.8 Å². The van der Waals surface area contributed by atoms with Crippen LogP contribution < -0.4 is 15.5 Å². The van der Waals surface area contributed by atoms with Gasteiger partial charge in [-0.25, -0.2) is 18.7 Å². The van der Waals surface area contributed by atoms with Gasteiger partial charge in [0, 0.05) is 57.3 Å². The van der Waals surface area contributed by atoms with Crippen LogP contribution in [0.4, 0.5) is 26.2 Å². The van der Waals surface area contributed by atoms with E-state index in [1.54, 1.807) is 19.4 Å². The van der Waals surface area contributed by atoms with E-state index in [4.69, 9.17) is 0 Å². The Morgan fingerprint density at radius 1 is 1.25 bits per heavy atom. The molecule has 2 N–H and O–H groups in total. The average molecular weight is 444 g/mol. The number of pyridine rings is 1. The molecule has 170 valence electrons. The van der Waals surface area contributed by atoms with E-state index >= 15 is 0 Å². The number of aromatic nitrogens is 3. The molecule has 3 atom stereocenters. The smallest absolute Gasteiger partial charge is 0.269 e. The fraction of sp³-hybridized carbons (Fsp3) is 0.545. The van der Waals surface area contributed by atoms with Crippen LogP contribution in [-0.4, -0.2) is 70.4 Å². The highest BCUT2D eigenvalue weighted by Crippen LogP contribution is 2.50. The Balaban J connectivity index is 1.26. The molecule has 0 spiro atoms.